The summed E-state index contributed by atoms with van der Waals surface area (Å²) in [6.45, 7) is 1.07. The van der Waals surface area contributed by atoms with E-state index in [1.165, 1.54) is 31.4 Å². The molecule has 0 bridgehead atoms. The largest absolute Gasteiger partial charge is 0.314 e. The van der Waals surface area contributed by atoms with E-state index < -0.39 is 0 Å². The van der Waals surface area contributed by atoms with Crippen LogP contribution >= 0.6 is 0 Å². The molecule has 0 amide bonds. The van der Waals surface area contributed by atoms with Crippen molar-refractivity contribution in [1.29, 1.82) is 0 Å². The third-order valence-corrected chi connectivity index (χ3v) is 2.94. The molecule has 1 N–H and O–H groups in total. The highest BCUT2D eigenvalue weighted by atomic mass is 15.2. The van der Waals surface area contributed by atoms with Gasteiger partial charge < -0.3 is 5.32 Å². The molecule has 1 aliphatic carbocycles. The molecule has 3 heteroatoms. The minimum absolute atomic E-state index is 0.777. The fourth-order valence-electron chi connectivity index (χ4n) is 2.13. The Morgan fingerprint density at radius 2 is 2.29 bits per heavy atom. The van der Waals surface area contributed by atoms with Gasteiger partial charge in [-0.15, -0.1) is 0 Å². The van der Waals surface area contributed by atoms with E-state index in [4.69, 9.17) is 0 Å². The topological polar surface area (TPSA) is 29.9 Å². The summed E-state index contributed by atoms with van der Waals surface area (Å²) in [5.41, 5.74) is 1.19. The minimum atomic E-state index is 0.777. The molecule has 1 aliphatic rings. The van der Waals surface area contributed by atoms with Crippen LogP contribution in [0, 0.1) is 0 Å². The summed E-state index contributed by atoms with van der Waals surface area (Å²) in [6, 6.07) is 2.87. The quantitative estimate of drug-likeness (QED) is 0.785. The summed E-state index contributed by atoms with van der Waals surface area (Å²) < 4.78 is 1.87. The molecule has 1 fully saturated rings. The SMILES string of the molecule is Cn1ccc(CCNC2CCCC2)n1. The average molecular weight is 193 g/mol. The lowest BCUT2D eigenvalue weighted by atomic mass is 10.2. The summed E-state index contributed by atoms with van der Waals surface area (Å²) in [6.07, 6.45) is 8.59. The second-order valence-corrected chi connectivity index (χ2v) is 4.17. The second-order valence-electron chi connectivity index (χ2n) is 4.17. The highest BCUT2D eigenvalue weighted by Gasteiger charge is 2.13. The van der Waals surface area contributed by atoms with Crippen LogP contribution in [0.2, 0.25) is 0 Å². The number of nitrogens with zero attached hydrogens (tertiary/aromatic N) is 2. The van der Waals surface area contributed by atoms with Crippen molar-refractivity contribution in [3.63, 3.8) is 0 Å². The normalized spacial score (nSPS) is 17.8. The van der Waals surface area contributed by atoms with Gasteiger partial charge in [0.2, 0.25) is 0 Å². The molecule has 14 heavy (non-hydrogen) atoms. The molecule has 0 aliphatic heterocycles. The highest BCUT2D eigenvalue weighted by molar-refractivity contribution is 4.99. The fraction of sp³-hybridized carbons (Fsp3) is 0.727. The molecular formula is C11H19N3. The average Bonchev–Trinajstić information content (AvgIpc) is 2.77. The van der Waals surface area contributed by atoms with Crippen molar-refractivity contribution in [2.45, 2.75) is 38.1 Å². The molecule has 78 valence electrons. The van der Waals surface area contributed by atoms with Crippen LogP contribution in [0.1, 0.15) is 31.4 Å². The van der Waals surface area contributed by atoms with Crippen LogP contribution in [0.3, 0.4) is 0 Å². The first-order chi connectivity index (χ1) is 6.84. The van der Waals surface area contributed by atoms with Gasteiger partial charge in [-0.2, -0.15) is 5.10 Å². The third kappa shape index (κ3) is 2.58. The lowest BCUT2D eigenvalue weighted by Gasteiger charge is -2.10. The van der Waals surface area contributed by atoms with Crippen LogP contribution in [0.5, 0.6) is 0 Å². The third-order valence-electron chi connectivity index (χ3n) is 2.94. The molecule has 0 aromatic carbocycles. The van der Waals surface area contributed by atoms with E-state index in [1.54, 1.807) is 0 Å². The Bertz CT molecular complexity index is 274. The number of hydrogen-bond donors (Lipinski definition) is 1. The van der Waals surface area contributed by atoms with Crippen LogP contribution in [-0.2, 0) is 13.5 Å². The summed E-state index contributed by atoms with van der Waals surface area (Å²) >= 11 is 0. The first-order valence-corrected chi connectivity index (χ1v) is 5.56. The molecule has 0 saturated heterocycles. The van der Waals surface area contributed by atoms with E-state index in [0.29, 0.717) is 0 Å². The molecule has 3 nitrogen and oxygen atoms in total. The first-order valence-electron chi connectivity index (χ1n) is 5.56. The van der Waals surface area contributed by atoms with Gasteiger partial charge in [-0.25, -0.2) is 0 Å². The van der Waals surface area contributed by atoms with Gasteiger partial charge in [-0.05, 0) is 18.9 Å². The monoisotopic (exact) mass is 193 g/mol. The van der Waals surface area contributed by atoms with E-state index in [0.717, 1.165) is 19.0 Å². The molecule has 0 unspecified atom stereocenters. The maximum atomic E-state index is 4.35. The lowest BCUT2D eigenvalue weighted by Crippen LogP contribution is -2.28. The van der Waals surface area contributed by atoms with Gasteiger partial charge in [-0.3, -0.25) is 4.68 Å². The Balaban J connectivity index is 1.67. The molecule has 0 spiro atoms. The minimum Gasteiger partial charge on any atom is -0.314 e. The van der Waals surface area contributed by atoms with Crippen molar-refractivity contribution in [3.8, 4) is 0 Å². The van der Waals surface area contributed by atoms with Crippen LogP contribution in [0.4, 0.5) is 0 Å². The predicted octanol–water partition coefficient (Wildman–Crippen LogP) is 1.49. The van der Waals surface area contributed by atoms with Crippen molar-refractivity contribution in [2.75, 3.05) is 6.54 Å². The Labute approximate surface area is 85.5 Å². The summed E-state index contributed by atoms with van der Waals surface area (Å²) in [5.74, 6) is 0. The number of aromatic nitrogens is 2. The van der Waals surface area contributed by atoms with Gasteiger partial charge >= 0.3 is 0 Å². The zero-order valence-corrected chi connectivity index (χ0v) is 8.87. The van der Waals surface area contributed by atoms with E-state index >= 15 is 0 Å². The standard InChI is InChI=1S/C11H19N3/c1-14-9-7-11(13-14)6-8-12-10-4-2-3-5-10/h7,9-10,12H,2-6,8H2,1H3. The number of rotatable bonds is 4. The number of aryl methyl sites for hydroxylation is 1. The summed E-state index contributed by atoms with van der Waals surface area (Å²) in [5, 5.41) is 7.94. The van der Waals surface area contributed by atoms with Crippen LogP contribution in [0.15, 0.2) is 12.3 Å². The smallest absolute Gasteiger partial charge is 0.0637 e. The van der Waals surface area contributed by atoms with Crippen molar-refractivity contribution < 1.29 is 0 Å². The van der Waals surface area contributed by atoms with Gasteiger partial charge in [0.05, 0.1) is 5.69 Å². The van der Waals surface area contributed by atoms with Crippen LogP contribution < -0.4 is 5.32 Å². The Morgan fingerprint density at radius 1 is 1.50 bits per heavy atom. The fourth-order valence-corrected chi connectivity index (χ4v) is 2.13. The van der Waals surface area contributed by atoms with Crippen molar-refractivity contribution in [1.82, 2.24) is 15.1 Å². The van der Waals surface area contributed by atoms with E-state index in [1.807, 2.05) is 17.9 Å². The van der Waals surface area contributed by atoms with Gasteiger partial charge in [0, 0.05) is 32.3 Å². The van der Waals surface area contributed by atoms with Gasteiger partial charge in [0.1, 0.15) is 0 Å². The first kappa shape index (κ1) is 9.71. The summed E-state index contributed by atoms with van der Waals surface area (Å²) in [7, 11) is 1.97. The zero-order chi connectivity index (χ0) is 9.80. The Morgan fingerprint density at radius 3 is 2.93 bits per heavy atom. The number of nitrogens with one attached hydrogen (secondary N) is 1. The van der Waals surface area contributed by atoms with Crippen molar-refractivity contribution >= 4 is 0 Å². The molecule has 0 atom stereocenters. The van der Waals surface area contributed by atoms with E-state index in [2.05, 4.69) is 16.5 Å². The van der Waals surface area contributed by atoms with E-state index in [-0.39, 0.29) is 0 Å². The van der Waals surface area contributed by atoms with Crippen molar-refractivity contribution in [3.05, 3.63) is 18.0 Å². The molecule has 1 aromatic heterocycles. The molecule has 0 radical (unpaired) electrons. The maximum Gasteiger partial charge on any atom is 0.0637 e. The molecular weight excluding hydrogens is 174 g/mol. The molecule has 1 aromatic rings. The highest BCUT2D eigenvalue weighted by Crippen LogP contribution is 2.17. The lowest BCUT2D eigenvalue weighted by molar-refractivity contribution is 0.524. The molecule has 1 heterocycles. The molecule has 1 saturated carbocycles. The van der Waals surface area contributed by atoms with Crippen LogP contribution in [-0.4, -0.2) is 22.4 Å². The van der Waals surface area contributed by atoms with Gasteiger partial charge in [-0.1, -0.05) is 12.8 Å². The second kappa shape index (κ2) is 4.60. The van der Waals surface area contributed by atoms with E-state index in [9.17, 15) is 0 Å². The van der Waals surface area contributed by atoms with Gasteiger partial charge in [0.15, 0.2) is 0 Å². The Kier molecular flexibility index (Phi) is 3.19. The Hall–Kier alpha value is -0.830. The maximum absolute atomic E-state index is 4.35. The zero-order valence-electron chi connectivity index (χ0n) is 8.87. The van der Waals surface area contributed by atoms with Crippen molar-refractivity contribution in [2.24, 2.45) is 7.05 Å². The molecule has 2 rings (SSSR count). The number of hydrogen-bond acceptors (Lipinski definition) is 2. The summed E-state index contributed by atoms with van der Waals surface area (Å²) in [4.78, 5) is 0. The van der Waals surface area contributed by atoms with Crippen LogP contribution in [0.25, 0.3) is 0 Å². The van der Waals surface area contributed by atoms with Gasteiger partial charge in [0.25, 0.3) is 0 Å². The predicted molar refractivity (Wildman–Crippen MR) is 57.2 cm³/mol.